The van der Waals surface area contributed by atoms with Crippen molar-refractivity contribution in [1.29, 1.82) is 0 Å². The molecule has 2 heterocycles. The maximum absolute atomic E-state index is 9.76. The summed E-state index contributed by atoms with van der Waals surface area (Å²) in [5, 5.41) is 16.1. The van der Waals surface area contributed by atoms with Crippen LogP contribution >= 0.6 is 11.3 Å². The Labute approximate surface area is 128 Å². The summed E-state index contributed by atoms with van der Waals surface area (Å²) in [5.74, 6) is 1.64. The van der Waals surface area contributed by atoms with Crippen LogP contribution in [0.3, 0.4) is 0 Å². The van der Waals surface area contributed by atoms with Crippen LogP contribution in [0.2, 0.25) is 0 Å². The molecular weight excluding hydrogens is 288 g/mol. The van der Waals surface area contributed by atoms with E-state index >= 15 is 0 Å². The van der Waals surface area contributed by atoms with Crippen LogP contribution in [0.1, 0.15) is 12.7 Å². The van der Waals surface area contributed by atoms with Gasteiger partial charge in [-0.3, -0.25) is 4.90 Å². The zero-order valence-electron chi connectivity index (χ0n) is 12.7. The van der Waals surface area contributed by atoms with Crippen LogP contribution in [-0.2, 0) is 11.3 Å². The lowest BCUT2D eigenvalue weighted by molar-refractivity contribution is 0.0414. The van der Waals surface area contributed by atoms with E-state index < -0.39 is 6.10 Å². The Kier molecular flexibility index (Phi) is 5.86. The topological polar surface area (TPSA) is 70.5 Å². The first-order valence-corrected chi connectivity index (χ1v) is 7.85. The van der Waals surface area contributed by atoms with Gasteiger partial charge in [-0.15, -0.1) is 11.3 Å². The van der Waals surface area contributed by atoms with Crippen molar-refractivity contribution < 1.29 is 9.84 Å². The Morgan fingerprint density at radius 3 is 3.00 bits per heavy atom. The van der Waals surface area contributed by atoms with Gasteiger partial charge in [-0.1, -0.05) is 0 Å². The van der Waals surface area contributed by atoms with Gasteiger partial charge in [0.25, 0.3) is 0 Å². The number of rotatable bonds is 8. The second-order valence-electron chi connectivity index (χ2n) is 4.96. The number of aromatic nitrogens is 2. The molecule has 0 amide bonds. The molecule has 6 nitrogen and oxygen atoms in total. The second-order valence-corrected chi connectivity index (χ2v) is 5.86. The molecule has 0 aliphatic carbocycles. The van der Waals surface area contributed by atoms with E-state index in [1.807, 2.05) is 30.3 Å². The molecule has 2 aromatic heterocycles. The molecule has 1 atom stereocenters. The lowest BCUT2D eigenvalue weighted by Gasteiger charge is -2.19. The van der Waals surface area contributed by atoms with Gasteiger partial charge in [0.05, 0.1) is 24.6 Å². The third-order valence-electron chi connectivity index (χ3n) is 3.01. The molecular formula is C14H22N4O2S. The van der Waals surface area contributed by atoms with E-state index in [4.69, 9.17) is 4.74 Å². The summed E-state index contributed by atoms with van der Waals surface area (Å²) < 4.78 is 4.94. The van der Waals surface area contributed by atoms with Crippen LogP contribution in [0.25, 0.3) is 10.2 Å². The standard InChI is InChI=1S/C14H22N4O2S/c1-4-15-13-11-5-6-21-14(11)17-12(16-13)8-18(2)7-10(19)9-20-3/h5-6,10,19H,4,7-9H2,1-3H3,(H,15,16,17). The van der Waals surface area contributed by atoms with Crippen LogP contribution in [-0.4, -0.2) is 59.9 Å². The van der Waals surface area contributed by atoms with Gasteiger partial charge in [-0.25, -0.2) is 9.97 Å². The quantitative estimate of drug-likeness (QED) is 0.771. The van der Waals surface area contributed by atoms with Gasteiger partial charge in [0.1, 0.15) is 16.5 Å². The van der Waals surface area contributed by atoms with E-state index in [1.54, 1.807) is 18.4 Å². The molecule has 0 saturated carbocycles. The summed E-state index contributed by atoms with van der Waals surface area (Å²) in [5.41, 5.74) is 0. The number of fused-ring (bicyclic) bond motifs is 1. The van der Waals surface area contributed by atoms with E-state index in [0.717, 1.165) is 28.4 Å². The van der Waals surface area contributed by atoms with Gasteiger partial charge in [0.2, 0.25) is 0 Å². The largest absolute Gasteiger partial charge is 0.389 e. The highest BCUT2D eigenvalue weighted by molar-refractivity contribution is 7.16. The Morgan fingerprint density at radius 1 is 1.48 bits per heavy atom. The number of aliphatic hydroxyl groups is 1. The van der Waals surface area contributed by atoms with E-state index in [9.17, 15) is 5.11 Å². The monoisotopic (exact) mass is 310 g/mol. The minimum atomic E-state index is -0.501. The molecule has 0 aliphatic heterocycles. The molecule has 0 aliphatic rings. The van der Waals surface area contributed by atoms with Gasteiger partial charge in [-0.2, -0.15) is 0 Å². The summed E-state index contributed by atoms with van der Waals surface area (Å²) in [6.45, 7) is 4.32. The summed E-state index contributed by atoms with van der Waals surface area (Å²) in [4.78, 5) is 12.2. The number of nitrogens with one attached hydrogen (secondary N) is 1. The van der Waals surface area contributed by atoms with E-state index in [-0.39, 0.29) is 0 Å². The first-order valence-electron chi connectivity index (χ1n) is 6.97. The molecule has 0 saturated heterocycles. The van der Waals surface area contributed by atoms with Crippen molar-refractivity contribution in [2.24, 2.45) is 0 Å². The smallest absolute Gasteiger partial charge is 0.146 e. The molecule has 2 aromatic rings. The number of hydrogen-bond donors (Lipinski definition) is 2. The predicted octanol–water partition coefficient (Wildman–Crippen LogP) is 1.56. The van der Waals surface area contributed by atoms with Crippen molar-refractivity contribution >= 4 is 27.4 Å². The number of likely N-dealkylation sites (N-methyl/N-ethyl adjacent to an activating group) is 1. The molecule has 0 bridgehead atoms. The number of nitrogens with zero attached hydrogens (tertiary/aromatic N) is 3. The summed E-state index contributed by atoms with van der Waals surface area (Å²) >= 11 is 1.61. The second kappa shape index (κ2) is 7.65. The maximum atomic E-state index is 9.76. The van der Waals surface area contributed by atoms with Crippen LogP contribution in [0.15, 0.2) is 11.4 Å². The Hall–Kier alpha value is -1.28. The number of thiophene rings is 1. The molecule has 0 spiro atoms. The fourth-order valence-electron chi connectivity index (χ4n) is 2.18. The maximum Gasteiger partial charge on any atom is 0.146 e. The lowest BCUT2D eigenvalue weighted by Crippen LogP contribution is -2.32. The fraction of sp³-hybridized carbons (Fsp3) is 0.571. The molecule has 0 fully saturated rings. The average molecular weight is 310 g/mol. The normalized spacial score (nSPS) is 13.0. The first-order chi connectivity index (χ1) is 10.1. The molecule has 1 unspecified atom stereocenters. The molecule has 0 aromatic carbocycles. The molecule has 21 heavy (non-hydrogen) atoms. The van der Waals surface area contributed by atoms with Gasteiger partial charge >= 0.3 is 0 Å². The third kappa shape index (κ3) is 4.34. The third-order valence-corrected chi connectivity index (χ3v) is 3.82. The minimum absolute atomic E-state index is 0.331. The molecule has 0 radical (unpaired) electrons. The van der Waals surface area contributed by atoms with Crippen molar-refractivity contribution in [3.05, 3.63) is 17.3 Å². The van der Waals surface area contributed by atoms with Crippen molar-refractivity contribution in [3.8, 4) is 0 Å². The van der Waals surface area contributed by atoms with E-state index in [2.05, 4.69) is 15.3 Å². The van der Waals surface area contributed by atoms with E-state index in [0.29, 0.717) is 19.7 Å². The summed E-state index contributed by atoms with van der Waals surface area (Å²) in [6, 6.07) is 2.04. The Bertz CT molecular complexity index is 575. The van der Waals surface area contributed by atoms with Gasteiger partial charge in [0, 0.05) is 20.2 Å². The highest BCUT2D eigenvalue weighted by Gasteiger charge is 2.12. The molecule has 2 rings (SSSR count). The lowest BCUT2D eigenvalue weighted by atomic mass is 10.3. The first kappa shape index (κ1) is 16.1. The van der Waals surface area contributed by atoms with Crippen LogP contribution in [0.4, 0.5) is 5.82 Å². The zero-order valence-corrected chi connectivity index (χ0v) is 13.5. The minimum Gasteiger partial charge on any atom is -0.389 e. The van der Waals surface area contributed by atoms with Gasteiger partial charge in [0.15, 0.2) is 0 Å². The van der Waals surface area contributed by atoms with Crippen molar-refractivity contribution in [3.63, 3.8) is 0 Å². The SMILES string of the molecule is CCNc1nc(CN(C)CC(O)COC)nc2sccc12. The number of aliphatic hydroxyl groups excluding tert-OH is 1. The van der Waals surface area contributed by atoms with E-state index in [1.165, 1.54) is 0 Å². The predicted molar refractivity (Wildman–Crippen MR) is 85.8 cm³/mol. The zero-order chi connectivity index (χ0) is 15.2. The summed E-state index contributed by atoms with van der Waals surface area (Å²) in [6.07, 6.45) is -0.501. The molecule has 7 heteroatoms. The van der Waals surface area contributed by atoms with Crippen LogP contribution < -0.4 is 5.32 Å². The van der Waals surface area contributed by atoms with Crippen LogP contribution in [0, 0.1) is 0 Å². The average Bonchev–Trinajstić information content (AvgIpc) is 2.87. The Balaban J connectivity index is 2.10. The van der Waals surface area contributed by atoms with Gasteiger partial charge < -0.3 is 15.2 Å². The number of ether oxygens (including phenoxy) is 1. The highest BCUT2D eigenvalue weighted by atomic mass is 32.1. The summed E-state index contributed by atoms with van der Waals surface area (Å²) in [7, 11) is 3.52. The van der Waals surface area contributed by atoms with Crippen LogP contribution in [0.5, 0.6) is 0 Å². The molecule has 116 valence electrons. The van der Waals surface area contributed by atoms with Crippen molar-refractivity contribution in [1.82, 2.24) is 14.9 Å². The van der Waals surface area contributed by atoms with Gasteiger partial charge in [-0.05, 0) is 25.4 Å². The number of hydrogen-bond acceptors (Lipinski definition) is 7. The van der Waals surface area contributed by atoms with Crippen molar-refractivity contribution in [2.45, 2.75) is 19.6 Å². The molecule has 2 N–H and O–H groups in total. The fourth-order valence-corrected chi connectivity index (χ4v) is 2.97. The van der Waals surface area contributed by atoms with Crippen molar-refractivity contribution in [2.75, 3.05) is 39.2 Å². The number of methoxy groups -OCH3 is 1. The number of anilines is 1. The highest BCUT2D eigenvalue weighted by Crippen LogP contribution is 2.25. The Morgan fingerprint density at radius 2 is 2.29 bits per heavy atom.